The van der Waals surface area contributed by atoms with Gasteiger partial charge in [-0.05, 0) is 31.2 Å². The van der Waals surface area contributed by atoms with Gasteiger partial charge in [0.1, 0.15) is 11.9 Å². The SMILES string of the molecule is CCOc1ccc(C(=O)OC(CO)CO)cc1. The Hall–Kier alpha value is -1.59. The van der Waals surface area contributed by atoms with E-state index >= 15 is 0 Å². The Balaban J connectivity index is 2.63. The summed E-state index contributed by atoms with van der Waals surface area (Å²) in [6.07, 6.45) is -0.880. The van der Waals surface area contributed by atoms with E-state index in [4.69, 9.17) is 19.7 Å². The fourth-order valence-corrected chi connectivity index (χ4v) is 1.21. The molecule has 0 radical (unpaired) electrons. The number of aliphatic hydroxyl groups is 2. The molecule has 0 amide bonds. The topological polar surface area (TPSA) is 76.0 Å². The van der Waals surface area contributed by atoms with Crippen LogP contribution in [0.15, 0.2) is 24.3 Å². The average Bonchev–Trinajstić information content (AvgIpc) is 2.37. The van der Waals surface area contributed by atoms with Crippen molar-refractivity contribution in [2.75, 3.05) is 19.8 Å². The summed E-state index contributed by atoms with van der Waals surface area (Å²) in [5.74, 6) is 0.0889. The maximum atomic E-state index is 11.6. The number of hydrogen-bond acceptors (Lipinski definition) is 5. The van der Waals surface area contributed by atoms with Gasteiger partial charge in [0.15, 0.2) is 0 Å². The lowest BCUT2D eigenvalue weighted by atomic mass is 10.2. The lowest BCUT2D eigenvalue weighted by Crippen LogP contribution is -2.25. The minimum Gasteiger partial charge on any atom is -0.494 e. The van der Waals surface area contributed by atoms with Crippen molar-refractivity contribution in [3.8, 4) is 5.75 Å². The van der Waals surface area contributed by atoms with Crippen LogP contribution in [0, 0.1) is 0 Å². The van der Waals surface area contributed by atoms with Crippen LogP contribution in [0.1, 0.15) is 17.3 Å². The molecule has 5 nitrogen and oxygen atoms in total. The third-order valence-electron chi connectivity index (χ3n) is 2.08. The molecule has 0 spiro atoms. The summed E-state index contributed by atoms with van der Waals surface area (Å²) >= 11 is 0. The second-order valence-corrected chi connectivity index (χ2v) is 3.35. The van der Waals surface area contributed by atoms with E-state index in [0.717, 1.165) is 0 Å². The van der Waals surface area contributed by atoms with Crippen LogP contribution in [-0.4, -0.2) is 42.1 Å². The van der Waals surface area contributed by atoms with E-state index in [9.17, 15) is 4.79 Å². The molecule has 0 fully saturated rings. The Labute approximate surface area is 99.6 Å². The molecule has 0 saturated heterocycles. The smallest absolute Gasteiger partial charge is 0.338 e. The van der Waals surface area contributed by atoms with E-state index in [1.54, 1.807) is 24.3 Å². The molecule has 0 saturated carbocycles. The molecule has 2 N–H and O–H groups in total. The van der Waals surface area contributed by atoms with Crippen molar-refractivity contribution in [3.63, 3.8) is 0 Å². The number of rotatable bonds is 6. The van der Waals surface area contributed by atoms with Crippen LogP contribution in [0.4, 0.5) is 0 Å². The molecule has 0 atom stereocenters. The highest BCUT2D eigenvalue weighted by Crippen LogP contribution is 2.13. The van der Waals surface area contributed by atoms with Gasteiger partial charge in [0.25, 0.3) is 0 Å². The van der Waals surface area contributed by atoms with Crippen LogP contribution in [-0.2, 0) is 4.74 Å². The molecule has 1 rings (SSSR count). The maximum Gasteiger partial charge on any atom is 0.338 e. The molecule has 0 unspecified atom stereocenters. The summed E-state index contributed by atoms with van der Waals surface area (Å²) in [4.78, 5) is 11.6. The van der Waals surface area contributed by atoms with Crippen LogP contribution in [0.2, 0.25) is 0 Å². The first-order chi connectivity index (χ1) is 8.21. The van der Waals surface area contributed by atoms with Crippen LogP contribution < -0.4 is 4.74 Å². The maximum absolute atomic E-state index is 11.6. The largest absolute Gasteiger partial charge is 0.494 e. The van der Waals surface area contributed by atoms with Crippen molar-refractivity contribution < 1.29 is 24.5 Å². The first kappa shape index (κ1) is 13.5. The number of benzene rings is 1. The van der Waals surface area contributed by atoms with Gasteiger partial charge in [0, 0.05) is 0 Å². The monoisotopic (exact) mass is 240 g/mol. The van der Waals surface area contributed by atoms with Gasteiger partial charge >= 0.3 is 5.97 Å². The third-order valence-corrected chi connectivity index (χ3v) is 2.08. The molecule has 94 valence electrons. The highest BCUT2D eigenvalue weighted by Gasteiger charge is 2.14. The molecular weight excluding hydrogens is 224 g/mol. The van der Waals surface area contributed by atoms with Gasteiger partial charge in [-0.3, -0.25) is 0 Å². The van der Waals surface area contributed by atoms with Crippen molar-refractivity contribution in [2.24, 2.45) is 0 Å². The van der Waals surface area contributed by atoms with E-state index in [2.05, 4.69) is 0 Å². The first-order valence-electron chi connectivity index (χ1n) is 5.36. The summed E-state index contributed by atoms with van der Waals surface area (Å²) < 4.78 is 10.1. The average molecular weight is 240 g/mol. The number of carbonyl (C=O) groups excluding carboxylic acids is 1. The molecular formula is C12H16O5. The van der Waals surface area contributed by atoms with Crippen molar-refractivity contribution >= 4 is 5.97 Å². The Kier molecular flexibility index (Phi) is 5.45. The molecule has 0 aliphatic carbocycles. The zero-order chi connectivity index (χ0) is 12.7. The Morgan fingerprint density at radius 1 is 1.24 bits per heavy atom. The van der Waals surface area contributed by atoms with Crippen molar-refractivity contribution in [1.29, 1.82) is 0 Å². The normalized spacial score (nSPS) is 10.4. The van der Waals surface area contributed by atoms with Crippen LogP contribution >= 0.6 is 0 Å². The first-order valence-corrected chi connectivity index (χ1v) is 5.36. The summed E-state index contributed by atoms with van der Waals surface area (Å²) in [6, 6.07) is 6.46. The van der Waals surface area contributed by atoms with Crippen LogP contribution in [0.5, 0.6) is 5.75 Å². The second kappa shape index (κ2) is 6.88. The van der Waals surface area contributed by atoms with Crippen LogP contribution in [0.3, 0.4) is 0 Å². The summed E-state index contributed by atoms with van der Waals surface area (Å²) in [7, 11) is 0. The number of esters is 1. The lowest BCUT2D eigenvalue weighted by Gasteiger charge is -2.12. The van der Waals surface area contributed by atoms with Gasteiger partial charge in [0.2, 0.25) is 0 Å². The molecule has 0 aliphatic heterocycles. The minimum absolute atomic E-state index is 0.348. The van der Waals surface area contributed by atoms with Crippen LogP contribution in [0.25, 0.3) is 0 Å². The Morgan fingerprint density at radius 3 is 2.29 bits per heavy atom. The van der Waals surface area contributed by atoms with E-state index in [0.29, 0.717) is 17.9 Å². The summed E-state index contributed by atoms with van der Waals surface area (Å²) in [5, 5.41) is 17.6. The minimum atomic E-state index is -0.880. The molecule has 17 heavy (non-hydrogen) atoms. The fraction of sp³-hybridized carbons (Fsp3) is 0.417. The predicted octanol–water partition coefficient (Wildman–Crippen LogP) is 0.595. The van der Waals surface area contributed by atoms with E-state index in [1.165, 1.54) is 0 Å². The standard InChI is InChI=1S/C12H16O5/c1-2-16-10-5-3-9(4-6-10)12(15)17-11(7-13)8-14/h3-6,11,13-14H,2,7-8H2,1H3. The Morgan fingerprint density at radius 2 is 1.82 bits per heavy atom. The quantitative estimate of drug-likeness (QED) is 0.712. The fourth-order valence-electron chi connectivity index (χ4n) is 1.21. The molecule has 0 bridgehead atoms. The number of hydrogen-bond donors (Lipinski definition) is 2. The van der Waals surface area contributed by atoms with Gasteiger partial charge in [-0.15, -0.1) is 0 Å². The van der Waals surface area contributed by atoms with Gasteiger partial charge in [0.05, 0.1) is 25.4 Å². The molecule has 0 heterocycles. The summed E-state index contributed by atoms with van der Waals surface area (Å²) in [6.45, 7) is 1.62. The van der Waals surface area contributed by atoms with Gasteiger partial charge in [-0.25, -0.2) is 4.79 Å². The van der Waals surface area contributed by atoms with Gasteiger partial charge < -0.3 is 19.7 Å². The van der Waals surface area contributed by atoms with E-state index in [1.807, 2.05) is 6.92 Å². The number of aliphatic hydroxyl groups excluding tert-OH is 2. The molecule has 1 aromatic rings. The third kappa shape index (κ3) is 4.05. The second-order valence-electron chi connectivity index (χ2n) is 3.35. The highest BCUT2D eigenvalue weighted by atomic mass is 16.6. The van der Waals surface area contributed by atoms with Crippen molar-refractivity contribution in [3.05, 3.63) is 29.8 Å². The van der Waals surface area contributed by atoms with Gasteiger partial charge in [-0.1, -0.05) is 0 Å². The lowest BCUT2D eigenvalue weighted by molar-refractivity contribution is -0.00545. The highest BCUT2D eigenvalue weighted by molar-refractivity contribution is 5.89. The van der Waals surface area contributed by atoms with Crippen molar-refractivity contribution in [2.45, 2.75) is 13.0 Å². The van der Waals surface area contributed by atoms with E-state index < -0.39 is 25.3 Å². The zero-order valence-corrected chi connectivity index (χ0v) is 9.63. The zero-order valence-electron chi connectivity index (χ0n) is 9.63. The molecule has 0 aliphatic rings. The molecule has 5 heteroatoms. The molecule has 1 aromatic carbocycles. The number of carbonyl (C=O) groups is 1. The van der Waals surface area contributed by atoms with Crippen molar-refractivity contribution in [1.82, 2.24) is 0 Å². The van der Waals surface area contributed by atoms with E-state index in [-0.39, 0.29) is 0 Å². The molecule has 0 aromatic heterocycles. The Bertz CT molecular complexity index is 342. The predicted molar refractivity (Wildman–Crippen MR) is 61.0 cm³/mol. The number of ether oxygens (including phenoxy) is 2. The summed E-state index contributed by atoms with van der Waals surface area (Å²) in [5.41, 5.74) is 0.348. The van der Waals surface area contributed by atoms with Gasteiger partial charge in [-0.2, -0.15) is 0 Å².